The highest BCUT2D eigenvalue weighted by Gasteiger charge is 2.43. The first-order chi connectivity index (χ1) is 19.1. The van der Waals surface area contributed by atoms with Crippen molar-refractivity contribution in [2.75, 3.05) is 0 Å². The summed E-state index contributed by atoms with van der Waals surface area (Å²) in [4.78, 5) is 0. The van der Waals surface area contributed by atoms with Gasteiger partial charge in [0.1, 0.15) is 23.0 Å². The molecule has 5 aromatic carbocycles. The fraction of sp³-hybridized carbons (Fsp3) is 0.0370. The quantitative estimate of drug-likeness (QED) is 0.0824. The van der Waals surface area contributed by atoms with E-state index in [0.29, 0.717) is 30.3 Å². The summed E-state index contributed by atoms with van der Waals surface area (Å²) < 4.78 is 201. The van der Waals surface area contributed by atoms with Crippen LogP contribution in [0.3, 0.4) is 0 Å². The monoisotopic (exact) mass is 596 g/mol. The maximum Gasteiger partial charge on any atom is 0.422 e. The molecule has 0 saturated heterocycles. The van der Waals surface area contributed by atoms with E-state index in [1.165, 1.54) is 0 Å². The van der Waals surface area contributed by atoms with E-state index < -0.39 is 120 Å². The lowest BCUT2D eigenvalue weighted by Gasteiger charge is -2.21. The van der Waals surface area contributed by atoms with Crippen LogP contribution < -0.4 is 0 Å². The molecule has 0 N–H and O–H groups in total. The molecule has 14 heteroatoms. The van der Waals surface area contributed by atoms with Gasteiger partial charge in [0, 0.05) is 33.5 Å². The van der Waals surface area contributed by atoms with E-state index in [4.69, 9.17) is 0 Å². The first kappa shape index (κ1) is 28.2. The van der Waals surface area contributed by atoms with Gasteiger partial charge in [0.2, 0.25) is 0 Å². The molecule has 0 atom stereocenters. The number of hydrogen-bond donors (Lipinski definition) is 0. The van der Waals surface area contributed by atoms with Gasteiger partial charge in [-0.3, -0.25) is 0 Å². The zero-order valence-corrected chi connectivity index (χ0v) is 19.3. The lowest BCUT2D eigenvalue weighted by molar-refractivity contribution is -0.143. The van der Waals surface area contributed by atoms with E-state index >= 15 is 17.6 Å². The van der Waals surface area contributed by atoms with Crippen molar-refractivity contribution in [3.05, 3.63) is 106 Å². The van der Waals surface area contributed by atoms with Gasteiger partial charge in [-0.2, -0.15) is 13.2 Å². The molecule has 5 rings (SSSR count). The van der Waals surface area contributed by atoms with Gasteiger partial charge in [-0.1, -0.05) is 6.07 Å². The fourth-order valence-electron chi connectivity index (χ4n) is 4.64. The second kappa shape index (κ2) is 9.35. The first-order valence-electron chi connectivity index (χ1n) is 10.9. The standard InChI is InChI=1S/C27H6F14/c28-7-1-3-9-11(5-7)13(10-4-2-8(29)6-12(10)30)15-16(20(32)26(38)25(37)19(15)31)14(9)17-21(33)23(35)18(27(39,40)41)24(36)22(17)34/h1-6H. The molecule has 0 spiro atoms. The topological polar surface area (TPSA) is 0 Å². The van der Waals surface area contributed by atoms with Crippen molar-refractivity contribution in [1.82, 2.24) is 0 Å². The summed E-state index contributed by atoms with van der Waals surface area (Å²) in [5, 5.41) is -5.09. The minimum atomic E-state index is -6.00. The van der Waals surface area contributed by atoms with Crippen LogP contribution in [0.4, 0.5) is 61.5 Å². The third-order valence-corrected chi connectivity index (χ3v) is 6.28. The largest absolute Gasteiger partial charge is 0.422 e. The molecule has 0 radical (unpaired) electrons. The molecule has 0 fully saturated rings. The highest BCUT2D eigenvalue weighted by molar-refractivity contribution is 6.22. The summed E-state index contributed by atoms with van der Waals surface area (Å²) in [6.07, 6.45) is -6.00. The molecule has 0 bridgehead atoms. The Morgan fingerprint density at radius 2 is 0.902 bits per heavy atom. The summed E-state index contributed by atoms with van der Waals surface area (Å²) in [6, 6.07) is 2.76. The highest BCUT2D eigenvalue weighted by Crippen LogP contribution is 2.50. The van der Waals surface area contributed by atoms with Crippen molar-refractivity contribution in [2.45, 2.75) is 6.18 Å². The number of fused-ring (bicyclic) bond motifs is 2. The molecule has 0 aliphatic heterocycles. The number of benzene rings is 5. The van der Waals surface area contributed by atoms with E-state index in [0.717, 1.165) is 0 Å². The van der Waals surface area contributed by atoms with E-state index in [2.05, 4.69) is 0 Å². The van der Waals surface area contributed by atoms with Gasteiger partial charge in [0.15, 0.2) is 46.5 Å². The lowest BCUT2D eigenvalue weighted by Crippen LogP contribution is -2.16. The van der Waals surface area contributed by atoms with Crippen LogP contribution in [0.1, 0.15) is 5.56 Å². The summed E-state index contributed by atoms with van der Waals surface area (Å²) >= 11 is 0. The number of halogens is 14. The van der Waals surface area contributed by atoms with Gasteiger partial charge in [-0.05, 0) is 35.0 Å². The van der Waals surface area contributed by atoms with Crippen LogP contribution in [0, 0.1) is 64.0 Å². The van der Waals surface area contributed by atoms with Crippen molar-refractivity contribution < 1.29 is 61.5 Å². The Balaban J connectivity index is 2.16. The Hall–Kier alpha value is -4.36. The van der Waals surface area contributed by atoms with Crippen LogP contribution in [-0.4, -0.2) is 0 Å². The zero-order valence-electron chi connectivity index (χ0n) is 19.3. The molecular formula is C27H6F14. The number of alkyl halides is 3. The maximum atomic E-state index is 15.4. The summed E-state index contributed by atoms with van der Waals surface area (Å²) in [5.74, 6) is -25.8. The van der Waals surface area contributed by atoms with Crippen molar-refractivity contribution in [3.63, 3.8) is 0 Å². The van der Waals surface area contributed by atoms with Crippen LogP contribution in [-0.2, 0) is 6.18 Å². The molecule has 5 aromatic rings. The molecular weight excluding hydrogens is 590 g/mol. The predicted molar refractivity (Wildman–Crippen MR) is 117 cm³/mol. The van der Waals surface area contributed by atoms with E-state index in [1.807, 2.05) is 0 Å². The molecule has 0 aliphatic rings. The summed E-state index contributed by atoms with van der Waals surface area (Å²) in [5.41, 5.74) is -8.68. The number of rotatable bonds is 2. The third kappa shape index (κ3) is 4.06. The van der Waals surface area contributed by atoms with Crippen molar-refractivity contribution in [2.24, 2.45) is 0 Å². The van der Waals surface area contributed by atoms with Gasteiger partial charge in [0.25, 0.3) is 0 Å². The molecule has 0 aromatic heterocycles. The van der Waals surface area contributed by atoms with Crippen LogP contribution in [0.5, 0.6) is 0 Å². The minimum absolute atomic E-state index is 0.203. The van der Waals surface area contributed by atoms with Gasteiger partial charge in [-0.25, -0.2) is 48.3 Å². The Morgan fingerprint density at radius 1 is 0.415 bits per heavy atom. The normalized spacial score (nSPS) is 12.1. The minimum Gasteiger partial charge on any atom is -0.207 e. The highest BCUT2D eigenvalue weighted by atomic mass is 19.4. The second-order valence-corrected chi connectivity index (χ2v) is 8.57. The molecule has 212 valence electrons. The lowest BCUT2D eigenvalue weighted by atomic mass is 9.84. The summed E-state index contributed by atoms with van der Waals surface area (Å²) in [6.45, 7) is 0. The average molecular weight is 596 g/mol. The van der Waals surface area contributed by atoms with Crippen LogP contribution in [0.25, 0.3) is 43.8 Å². The van der Waals surface area contributed by atoms with Crippen LogP contribution >= 0.6 is 0 Å². The molecule has 0 heterocycles. The van der Waals surface area contributed by atoms with Gasteiger partial charge >= 0.3 is 6.18 Å². The average Bonchev–Trinajstić information content (AvgIpc) is 2.88. The van der Waals surface area contributed by atoms with E-state index in [1.54, 1.807) is 0 Å². The molecule has 41 heavy (non-hydrogen) atoms. The zero-order chi connectivity index (χ0) is 30.3. The Bertz CT molecular complexity index is 1910. The van der Waals surface area contributed by atoms with Crippen molar-refractivity contribution in [1.29, 1.82) is 0 Å². The smallest absolute Gasteiger partial charge is 0.207 e. The Morgan fingerprint density at radius 3 is 1.41 bits per heavy atom. The van der Waals surface area contributed by atoms with Gasteiger partial charge in [0.05, 0.1) is 5.56 Å². The number of hydrogen-bond acceptors (Lipinski definition) is 0. The first-order valence-corrected chi connectivity index (χ1v) is 10.9. The third-order valence-electron chi connectivity index (χ3n) is 6.28. The summed E-state index contributed by atoms with van der Waals surface area (Å²) in [7, 11) is 0. The molecule has 0 nitrogen and oxygen atoms in total. The van der Waals surface area contributed by atoms with Crippen LogP contribution in [0.15, 0.2) is 36.4 Å². The molecule has 0 amide bonds. The Kier molecular flexibility index (Phi) is 6.42. The predicted octanol–water partition coefficient (Wildman–Crippen LogP) is 9.88. The fourth-order valence-corrected chi connectivity index (χ4v) is 4.64. The van der Waals surface area contributed by atoms with Gasteiger partial charge in [-0.15, -0.1) is 0 Å². The van der Waals surface area contributed by atoms with Crippen molar-refractivity contribution >= 4 is 21.5 Å². The maximum absolute atomic E-state index is 15.4. The van der Waals surface area contributed by atoms with Crippen LogP contribution in [0.2, 0.25) is 0 Å². The van der Waals surface area contributed by atoms with Gasteiger partial charge < -0.3 is 0 Å². The Labute approximate surface area is 218 Å². The molecule has 0 aliphatic carbocycles. The van der Waals surface area contributed by atoms with Crippen molar-refractivity contribution in [3.8, 4) is 22.3 Å². The second-order valence-electron chi connectivity index (χ2n) is 8.57. The van der Waals surface area contributed by atoms with E-state index in [9.17, 15) is 43.9 Å². The molecule has 0 saturated carbocycles. The SMILES string of the molecule is Fc1ccc(-c2c3cc(F)ccc3c(-c3c(F)c(F)c(C(F)(F)F)c(F)c3F)c3c(F)c(F)c(F)c(F)c23)c(F)c1. The van der Waals surface area contributed by atoms with E-state index in [-0.39, 0.29) is 6.07 Å². The molecule has 0 unspecified atom stereocenters.